The molecule has 38 heavy (non-hydrogen) atoms. The van der Waals surface area contributed by atoms with Crippen LogP contribution in [0.2, 0.25) is 0 Å². The topological polar surface area (TPSA) is 117 Å². The third-order valence-corrected chi connectivity index (χ3v) is 9.68. The molecule has 1 unspecified atom stereocenters. The van der Waals surface area contributed by atoms with Crippen molar-refractivity contribution in [3.05, 3.63) is 40.9 Å². The minimum atomic E-state index is -3.71. The van der Waals surface area contributed by atoms with Crippen LogP contribution in [-0.4, -0.2) is 104 Å². The Morgan fingerprint density at radius 2 is 1.58 bits per heavy atom. The lowest BCUT2D eigenvalue weighted by Crippen LogP contribution is -2.49. The lowest BCUT2D eigenvalue weighted by atomic mass is 10.2. The summed E-state index contributed by atoms with van der Waals surface area (Å²) in [6.45, 7) is 7.41. The summed E-state index contributed by atoms with van der Waals surface area (Å²) in [6.07, 6.45) is 2.71. The summed E-state index contributed by atoms with van der Waals surface area (Å²) in [5.74, 6) is 1.10. The minimum absolute atomic E-state index is 0.148. The zero-order chi connectivity index (χ0) is 26.3. The largest absolute Gasteiger partial charge is 0.419 e. The Morgan fingerprint density at radius 3 is 2.18 bits per heavy atom. The highest BCUT2D eigenvalue weighted by atomic mass is 32.2. The van der Waals surface area contributed by atoms with Crippen molar-refractivity contribution < 1.29 is 17.6 Å². The van der Waals surface area contributed by atoms with Crippen molar-refractivity contribution in [1.82, 2.24) is 24.0 Å². The molecule has 0 N–H and O–H groups in total. The first kappa shape index (κ1) is 25.3. The fourth-order valence-corrected chi connectivity index (χ4v) is 6.91. The Morgan fingerprint density at radius 1 is 0.921 bits per heavy atom. The molecule has 3 saturated heterocycles. The first-order valence-electron chi connectivity index (χ1n) is 13.2. The van der Waals surface area contributed by atoms with Crippen LogP contribution in [0.1, 0.15) is 12.8 Å². The summed E-state index contributed by atoms with van der Waals surface area (Å²) in [5, 5.41) is 8.94. The Balaban J connectivity index is 1.04. The molecule has 0 radical (unpaired) electrons. The van der Waals surface area contributed by atoms with Gasteiger partial charge in [0.1, 0.15) is 0 Å². The standard InChI is InChI=1S/C25H33N7O5S/c1-28-21-17-20(4-5-22(21)37-25(28)33)38(34,35)32-14-12-31(13-15-32)24-7-6-23(26-27-24)30-10-8-29(9-11-30)18-19-3-2-16-36-19/h4-7,17,19H,2-3,8-16,18H2,1H3. The number of aryl methyl sites for hydroxylation is 1. The molecule has 0 aliphatic carbocycles. The molecule has 12 nitrogen and oxygen atoms in total. The molecule has 0 amide bonds. The van der Waals surface area contributed by atoms with Gasteiger partial charge in [-0.05, 0) is 43.2 Å². The average Bonchev–Trinajstić information content (AvgIpc) is 3.56. The van der Waals surface area contributed by atoms with Crippen molar-refractivity contribution in [1.29, 1.82) is 0 Å². The van der Waals surface area contributed by atoms with E-state index in [1.54, 1.807) is 7.05 Å². The predicted molar refractivity (Wildman–Crippen MR) is 142 cm³/mol. The molecule has 0 saturated carbocycles. The summed E-state index contributed by atoms with van der Waals surface area (Å²) in [6, 6.07) is 8.49. The first-order valence-corrected chi connectivity index (χ1v) is 14.6. The van der Waals surface area contributed by atoms with Crippen LogP contribution < -0.4 is 15.6 Å². The summed E-state index contributed by atoms with van der Waals surface area (Å²) in [7, 11) is -2.15. The molecule has 3 fully saturated rings. The van der Waals surface area contributed by atoms with Gasteiger partial charge in [-0.3, -0.25) is 9.47 Å². The molecule has 5 heterocycles. The third kappa shape index (κ3) is 4.91. The second-order valence-electron chi connectivity index (χ2n) is 10.1. The van der Waals surface area contributed by atoms with Crippen molar-refractivity contribution in [2.24, 2.45) is 7.05 Å². The number of ether oxygens (including phenoxy) is 1. The molecule has 1 atom stereocenters. The molecule has 0 spiro atoms. The first-order chi connectivity index (χ1) is 18.4. The zero-order valence-electron chi connectivity index (χ0n) is 21.5. The summed E-state index contributed by atoms with van der Waals surface area (Å²) in [4.78, 5) is 18.7. The fourth-order valence-electron chi connectivity index (χ4n) is 5.46. The van der Waals surface area contributed by atoms with Crippen LogP contribution in [0.25, 0.3) is 11.1 Å². The van der Waals surface area contributed by atoms with Gasteiger partial charge in [0, 0.05) is 72.6 Å². The van der Waals surface area contributed by atoms with E-state index >= 15 is 0 Å². The van der Waals surface area contributed by atoms with E-state index in [4.69, 9.17) is 9.15 Å². The van der Waals surface area contributed by atoms with E-state index in [9.17, 15) is 13.2 Å². The van der Waals surface area contributed by atoms with E-state index in [1.165, 1.54) is 33.5 Å². The van der Waals surface area contributed by atoms with Crippen LogP contribution in [0, 0.1) is 0 Å². The molecule has 3 aliphatic heterocycles. The zero-order valence-corrected chi connectivity index (χ0v) is 22.3. The number of sulfonamides is 1. The van der Waals surface area contributed by atoms with Crippen LogP contribution >= 0.6 is 0 Å². The number of aromatic nitrogens is 3. The van der Waals surface area contributed by atoms with Crippen LogP contribution in [0.4, 0.5) is 11.6 Å². The number of oxazole rings is 1. The smallest absolute Gasteiger partial charge is 0.408 e. The van der Waals surface area contributed by atoms with Gasteiger partial charge in [0.25, 0.3) is 0 Å². The molecule has 3 aromatic rings. The summed E-state index contributed by atoms with van der Waals surface area (Å²) < 4.78 is 40.2. The predicted octanol–water partition coefficient (Wildman–Crippen LogP) is 0.733. The molecule has 6 rings (SSSR count). The molecule has 2 aromatic heterocycles. The van der Waals surface area contributed by atoms with Gasteiger partial charge in [-0.2, -0.15) is 4.31 Å². The lowest BCUT2D eigenvalue weighted by Gasteiger charge is -2.36. The lowest BCUT2D eigenvalue weighted by molar-refractivity contribution is 0.0712. The number of benzene rings is 1. The van der Waals surface area contributed by atoms with Crippen LogP contribution in [-0.2, 0) is 21.8 Å². The van der Waals surface area contributed by atoms with E-state index in [0.29, 0.717) is 43.4 Å². The van der Waals surface area contributed by atoms with Crippen molar-refractivity contribution in [3.63, 3.8) is 0 Å². The number of piperazine rings is 2. The quantitative estimate of drug-likeness (QED) is 0.440. The maximum Gasteiger partial charge on any atom is 0.419 e. The second-order valence-corrected chi connectivity index (χ2v) is 12.1. The Kier molecular flexibility index (Phi) is 6.84. The summed E-state index contributed by atoms with van der Waals surface area (Å²) in [5.41, 5.74) is 0.818. The number of hydrogen-bond acceptors (Lipinski definition) is 10. The molecule has 13 heteroatoms. The molecule has 0 bridgehead atoms. The third-order valence-electron chi connectivity index (χ3n) is 7.78. The van der Waals surface area contributed by atoms with E-state index in [-0.39, 0.29) is 4.90 Å². The SMILES string of the molecule is Cn1c(=O)oc2ccc(S(=O)(=O)N3CCN(c4ccc(N5CCN(CC6CCCO6)CC5)nn4)CC3)cc21. The van der Waals surface area contributed by atoms with E-state index < -0.39 is 15.8 Å². The normalized spacial score (nSPS) is 22.0. The molecular weight excluding hydrogens is 510 g/mol. The highest BCUT2D eigenvalue weighted by molar-refractivity contribution is 7.89. The minimum Gasteiger partial charge on any atom is -0.408 e. The Labute approximate surface area is 221 Å². The van der Waals surface area contributed by atoms with Gasteiger partial charge in [0.2, 0.25) is 10.0 Å². The molecular formula is C25H33N7O5S. The van der Waals surface area contributed by atoms with Crippen molar-refractivity contribution in [2.45, 2.75) is 23.8 Å². The van der Waals surface area contributed by atoms with Crippen LogP contribution in [0.3, 0.4) is 0 Å². The molecule has 3 aliphatic rings. The maximum absolute atomic E-state index is 13.3. The fraction of sp³-hybridized carbons (Fsp3) is 0.560. The van der Waals surface area contributed by atoms with E-state index in [2.05, 4.69) is 24.9 Å². The van der Waals surface area contributed by atoms with Crippen molar-refractivity contribution in [3.8, 4) is 0 Å². The average molecular weight is 544 g/mol. The van der Waals surface area contributed by atoms with Gasteiger partial charge in [0.15, 0.2) is 17.2 Å². The van der Waals surface area contributed by atoms with Gasteiger partial charge < -0.3 is 19.0 Å². The monoisotopic (exact) mass is 543 g/mol. The second kappa shape index (κ2) is 10.3. The van der Waals surface area contributed by atoms with E-state index in [1.807, 2.05) is 12.1 Å². The van der Waals surface area contributed by atoms with Gasteiger partial charge in [0.05, 0.1) is 16.5 Å². The van der Waals surface area contributed by atoms with Gasteiger partial charge in [-0.15, -0.1) is 10.2 Å². The highest BCUT2D eigenvalue weighted by Gasteiger charge is 2.30. The van der Waals surface area contributed by atoms with Gasteiger partial charge in [-0.1, -0.05) is 0 Å². The number of nitrogens with zero attached hydrogens (tertiary/aromatic N) is 7. The maximum atomic E-state index is 13.3. The molecule has 1 aromatic carbocycles. The van der Waals surface area contributed by atoms with Crippen LogP contribution in [0.15, 0.2) is 44.4 Å². The number of anilines is 2. The Bertz CT molecular complexity index is 1430. The van der Waals surface area contributed by atoms with Gasteiger partial charge in [-0.25, -0.2) is 13.2 Å². The van der Waals surface area contributed by atoms with E-state index in [0.717, 1.165) is 57.4 Å². The highest BCUT2D eigenvalue weighted by Crippen LogP contribution is 2.24. The van der Waals surface area contributed by atoms with Crippen LogP contribution in [0.5, 0.6) is 0 Å². The van der Waals surface area contributed by atoms with Crippen molar-refractivity contribution in [2.75, 3.05) is 75.3 Å². The summed E-state index contributed by atoms with van der Waals surface area (Å²) >= 11 is 0. The number of rotatable bonds is 6. The Hall–Kier alpha value is -3.00. The van der Waals surface area contributed by atoms with Crippen molar-refractivity contribution >= 4 is 32.8 Å². The van der Waals surface area contributed by atoms with Gasteiger partial charge >= 0.3 is 5.76 Å². The number of fused-ring (bicyclic) bond motifs is 1. The number of hydrogen-bond donors (Lipinski definition) is 0. The molecule has 204 valence electrons.